The second kappa shape index (κ2) is 11.1. The third kappa shape index (κ3) is 5.53. The molecule has 0 bridgehead atoms. The number of hydrogen-bond donors (Lipinski definition) is 0. The Kier molecular flexibility index (Phi) is 8.44. The molecule has 0 saturated heterocycles. The van der Waals surface area contributed by atoms with Gasteiger partial charge < -0.3 is 9.47 Å². The van der Waals surface area contributed by atoms with Crippen LogP contribution >= 0.6 is 23.7 Å². The van der Waals surface area contributed by atoms with Crippen LogP contribution in [0.2, 0.25) is 0 Å². The third-order valence-electron chi connectivity index (χ3n) is 5.74. The maximum atomic E-state index is 9.53. The smallest absolute Gasteiger partial charge is 0.148 e. The van der Waals surface area contributed by atoms with Crippen LogP contribution < -0.4 is 4.74 Å². The predicted molar refractivity (Wildman–Crippen MR) is 134 cm³/mol. The van der Waals surface area contributed by atoms with Gasteiger partial charge in [-0.1, -0.05) is 23.5 Å². The molecule has 1 aromatic heterocycles. The molecule has 6 nitrogen and oxygen atoms in total. The highest BCUT2D eigenvalue weighted by Gasteiger charge is 2.21. The largest absolute Gasteiger partial charge is 0.490 e. The molecule has 1 aliphatic heterocycles. The summed E-state index contributed by atoms with van der Waals surface area (Å²) < 4.78 is 11.0. The van der Waals surface area contributed by atoms with E-state index in [9.17, 15) is 5.26 Å². The van der Waals surface area contributed by atoms with Crippen molar-refractivity contribution < 1.29 is 9.47 Å². The Bertz CT molecular complexity index is 1160. The first-order valence-corrected chi connectivity index (χ1v) is 11.7. The van der Waals surface area contributed by atoms with Crippen LogP contribution in [0.3, 0.4) is 0 Å². The van der Waals surface area contributed by atoms with E-state index < -0.39 is 0 Å². The summed E-state index contributed by atoms with van der Waals surface area (Å²) in [5.74, 6) is 0.598. The molecule has 0 amide bonds. The third-order valence-corrected chi connectivity index (χ3v) is 6.75. The zero-order valence-corrected chi connectivity index (χ0v) is 21.1. The number of rotatable bonds is 7. The molecule has 0 unspecified atom stereocenters. The van der Waals surface area contributed by atoms with E-state index in [0.717, 1.165) is 53.8 Å². The van der Waals surface area contributed by atoms with Gasteiger partial charge >= 0.3 is 0 Å². The Morgan fingerprint density at radius 3 is 2.70 bits per heavy atom. The fraction of sp³-hybridized carbons (Fsp3) is 0.400. The van der Waals surface area contributed by atoms with Gasteiger partial charge in [0.2, 0.25) is 0 Å². The second-order valence-electron chi connectivity index (χ2n) is 8.30. The molecule has 0 N–H and O–H groups in total. The fourth-order valence-electron chi connectivity index (χ4n) is 4.10. The molecule has 3 aromatic rings. The number of benzene rings is 2. The lowest BCUT2D eigenvalue weighted by Gasteiger charge is -2.30. The summed E-state index contributed by atoms with van der Waals surface area (Å²) in [5, 5.41) is 20.1. The van der Waals surface area contributed by atoms with E-state index in [0.29, 0.717) is 11.3 Å². The Morgan fingerprint density at radius 1 is 1.18 bits per heavy atom. The monoisotopic (exact) mass is 484 g/mol. The first-order chi connectivity index (χ1) is 15.5. The Balaban J connectivity index is 0.00000306. The van der Waals surface area contributed by atoms with Crippen LogP contribution in [0, 0.1) is 18.3 Å². The highest BCUT2D eigenvalue weighted by atomic mass is 35.5. The minimum Gasteiger partial charge on any atom is -0.490 e. The molecule has 4 rings (SSSR count). The van der Waals surface area contributed by atoms with Gasteiger partial charge in [-0.15, -0.1) is 22.6 Å². The van der Waals surface area contributed by atoms with Gasteiger partial charge in [-0.25, -0.2) is 0 Å². The number of hydrogen-bond acceptors (Lipinski definition) is 7. The van der Waals surface area contributed by atoms with E-state index in [1.807, 2.05) is 32.0 Å². The number of ether oxygens (including phenoxy) is 2. The molecule has 33 heavy (non-hydrogen) atoms. The molecule has 1 aliphatic rings. The fourth-order valence-corrected chi connectivity index (χ4v) is 5.02. The molecule has 2 heterocycles. The van der Waals surface area contributed by atoms with E-state index in [1.54, 1.807) is 18.4 Å². The number of fused-ring (bicyclic) bond motifs is 1. The number of methoxy groups -OCH3 is 1. The Hall–Kier alpha value is -2.50. The minimum atomic E-state index is 0. The van der Waals surface area contributed by atoms with Gasteiger partial charge in [0.25, 0.3) is 0 Å². The van der Waals surface area contributed by atoms with Crippen LogP contribution in [0.5, 0.6) is 5.75 Å². The van der Waals surface area contributed by atoms with Crippen LogP contribution in [0.25, 0.3) is 21.1 Å². The minimum absolute atomic E-state index is 0. The molecule has 2 aromatic carbocycles. The average molecular weight is 485 g/mol. The first kappa shape index (κ1) is 25.1. The van der Waals surface area contributed by atoms with Crippen LogP contribution in [-0.4, -0.2) is 48.0 Å². The summed E-state index contributed by atoms with van der Waals surface area (Å²) in [6.45, 7) is 9.81. The van der Waals surface area contributed by atoms with Crippen molar-refractivity contribution in [3.05, 3.63) is 52.6 Å². The molecule has 0 fully saturated rings. The van der Waals surface area contributed by atoms with Gasteiger partial charge in [-0.3, -0.25) is 4.90 Å². The lowest BCUT2D eigenvalue weighted by Crippen LogP contribution is -2.33. The van der Waals surface area contributed by atoms with Crippen molar-refractivity contribution in [1.29, 1.82) is 5.26 Å². The normalized spacial score (nSPS) is 13.3. The lowest BCUT2D eigenvalue weighted by atomic mass is 9.92. The van der Waals surface area contributed by atoms with Crippen molar-refractivity contribution >= 4 is 23.7 Å². The van der Waals surface area contributed by atoms with Gasteiger partial charge in [0.05, 0.1) is 18.3 Å². The Labute approximate surface area is 205 Å². The van der Waals surface area contributed by atoms with Gasteiger partial charge in [-0.2, -0.15) is 5.26 Å². The van der Waals surface area contributed by atoms with Gasteiger partial charge in [0, 0.05) is 37.9 Å². The summed E-state index contributed by atoms with van der Waals surface area (Å²) >= 11 is 1.56. The topological polar surface area (TPSA) is 71.3 Å². The number of nitrogens with zero attached hydrogens (tertiary/aromatic N) is 4. The molecule has 174 valence electrons. The van der Waals surface area contributed by atoms with Gasteiger partial charge in [0.1, 0.15) is 21.8 Å². The lowest BCUT2D eigenvalue weighted by molar-refractivity contribution is 0.140. The molecule has 0 spiro atoms. The highest BCUT2D eigenvalue weighted by molar-refractivity contribution is 7.17. The summed E-state index contributed by atoms with van der Waals surface area (Å²) in [5.41, 5.74) is 6.63. The van der Waals surface area contributed by atoms with Gasteiger partial charge in [-0.05, 0) is 62.1 Å². The molecule has 0 atom stereocenters. The molecule has 0 saturated carbocycles. The zero-order chi connectivity index (χ0) is 22.7. The van der Waals surface area contributed by atoms with Crippen molar-refractivity contribution in [1.82, 2.24) is 15.1 Å². The number of halogens is 1. The molecule has 8 heteroatoms. The van der Waals surface area contributed by atoms with E-state index in [4.69, 9.17) is 9.47 Å². The van der Waals surface area contributed by atoms with Crippen LogP contribution in [-0.2, 0) is 17.7 Å². The maximum absolute atomic E-state index is 9.53. The maximum Gasteiger partial charge on any atom is 0.148 e. The van der Waals surface area contributed by atoms with E-state index in [1.165, 1.54) is 16.7 Å². The van der Waals surface area contributed by atoms with Crippen molar-refractivity contribution in [2.45, 2.75) is 39.8 Å². The summed E-state index contributed by atoms with van der Waals surface area (Å²) in [7, 11) is 1.75. The van der Waals surface area contributed by atoms with E-state index in [-0.39, 0.29) is 18.5 Å². The predicted octanol–water partition coefficient (Wildman–Crippen LogP) is 5.27. The quantitative estimate of drug-likeness (QED) is 0.455. The van der Waals surface area contributed by atoms with Crippen LogP contribution in [0.15, 0.2) is 30.3 Å². The standard InChI is InChI=1S/C25H28N4O2S.ClH/c1-16(2)31-23-8-6-18(13-20(23)14-26)24-27-28-25(32-24)22-7-5-19-15-29(11-12-30-4)10-9-21(19)17(22)3;/h5-8,13,16H,9-12,15H2,1-4H3;1H. The second-order valence-corrected chi connectivity index (χ2v) is 9.27. The zero-order valence-electron chi connectivity index (χ0n) is 19.4. The van der Waals surface area contributed by atoms with Crippen LogP contribution in [0.1, 0.15) is 36.1 Å². The molecular formula is C25H29ClN4O2S. The average Bonchev–Trinajstić information content (AvgIpc) is 3.27. The SMILES string of the molecule is COCCN1CCc2c(ccc(-c3nnc(-c4ccc(OC(C)C)c(C#N)c4)s3)c2C)C1.Cl. The van der Waals surface area contributed by atoms with Crippen molar-refractivity contribution in [3.8, 4) is 33.0 Å². The first-order valence-electron chi connectivity index (χ1n) is 10.9. The number of aromatic nitrogens is 2. The summed E-state index contributed by atoms with van der Waals surface area (Å²) in [4.78, 5) is 2.44. The van der Waals surface area contributed by atoms with E-state index >= 15 is 0 Å². The highest BCUT2D eigenvalue weighted by Crippen LogP contribution is 2.36. The number of nitriles is 1. The van der Waals surface area contributed by atoms with E-state index in [2.05, 4.69) is 40.2 Å². The van der Waals surface area contributed by atoms with Crippen molar-refractivity contribution in [3.63, 3.8) is 0 Å². The molecular weight excluding hydrogens is 456 g/mol. The summed E-state index contributed by atoms with van der Waals surface area (Å²) in [6, 6.07) is 12.2. The van der Waals surface area contributed by atoms with Crippen molar-refractivity contribution in [2.75, 3.05) is 26.8 Å². The van der Waals surface area contributed by atoms with Crippen molar-refractivity contribution in [2.24, 2.45) is 0 Å². The molecule has 0 radical (unpaired) electrons. The Morgan fingerprint density at radius 2 is 1.97 bits per heavy atom. The van der Waals surface area contributed by atoms with Gasteiger partial charge in [0.15, 0.2) is 0 Å². The molecule has 0 aliphatic carbocycles. The van der Waals surface area contributed by atoms with Crippen LogP contribution in [0.4, 0.5) is 0 Å². The summed E-state index contributed by atoms with van der Waals surface area (Å²) in [6.07, 6.45) is 1.05.